The third-order valence-electron chi connectivity index (χ3n) is 3.39. The molecule has 0 fully saturated rings. The molecule has 0 aromatic carbocycles. The van der Waals surface area contributed by atoms with Crippen molar-refractivity contribution in [3.8, 4) is 0 Å². The molecule has 2 nitrogen and oxygen atoms in total. The Morgan fingerprint density at radius 1 is 0.833 bits per heavy atom. The van der Waals surface area contributed by atoms with Crippen LogP contribution in [0.3, 0.4) is 0 Å². The molecule has 0 bridgehead atoms. The van der Waals surface area contributed by atoms with E-state index >= 15 is 0 Å². The van der Waals surface area contributed by atoms with Crippen LogP contribution in [-0.4, -0.2) is 12.5 Å². The molecule has 0 rings (SSSR count). The largest absolute Gasteiger partial charge is 0.271 e. The topological polar surface area (TPSA) is 38.0 Å². The Balaban J connectivity index is 3.15. The van der Waals surface area contributed by atoms with Crippen molar-refractivity contribution in [1.29, 1.82) is 0 Å². The van der Waals surface area contributed by atoms with Gasteiger partial charge in [0.15, 0.2) is 0 Å². The zero-order chi connectivity index (χ0) is 13.6. The molecule has 110 valence electrons. The number of nitrogens with two attached hydrogens (primary N) is 1. The van der Waals surface area contributed by atoms with Crippen LogP contribution in [0.4, 0.5) is 8.78 Å². The van der Waals surface area contributed by atoms with Crippen LogP contribution in [-0.2, 0) is 0 Å². The predicted octanol–water partition coefficient (Wildman–Crippen LogP) is 4.39. The van der Waals surface area contributed by atoms with E-state index in [1.165, 1.54) is 44.9 Å². The second-order valence-corrected chi connectivity index (χ2v) is 5.08. The average molecular weight is 264 g/mol. The maximum absolute atomic E-state index is 12.3. The van der Waals surface area contributed by atoms with E-state index in [-0.39, 0.29) is 0 Å². The molecule has 0 radical (unpaired) electrons. The summed E-state index contributed by atoms with van der Waals surface area (Å²) in [6.45, 7) is 2.23. The summed E-state index contributed by atoms with van der Waals surface area (Å²) >= 11 is 0. The highest BCUT2D eigenvalue weighted by atomic mass is 19.3. The molecule has 0 amide bonds. The SMILES string of the molecule is CCCCCCCCCCCCC(NN)C(F)F. The molecule has 3 N–H and O–H groups in total. The molecule has 0 heterocycles. The van der Waals surface area contributed by atoms with Crippen molar-refractivity contribution in [3.63, 3.8) is 0 Å². The van der Waals surface area contributed by atoms with Gasteiger partial charge >= 0.3 is 0 Å². The Bertz CT molecular complexity index is 166. The molecule has 0 aliphatic carbocycles. The van der Waals surface area contributed by atoms with E-state index in [0.29, 0.717) is 6.42 Å². The van der Waals surface area contributed by atoms with Crippen LogP contribution in [0, 0.1) is 0 Å². The Morgan fingerprint density at radius 2 is 1.28 bits per heavy atom. The van der Waals surface area contributed by atoms with Gasteiger partial charge in [-0.3, -0.25) is 11.3 Å². The molecule has 0 aliphatic rings. The van der Waals surface area contributed by atoms with Crippen molar-refractivity contribution >= 4 is 0 Å². The van der Waals surface area contributed by atoms with Crippen molar-refractivity contribution in [1.82, 2.24) is 5.43 Å². The summed E-state index contributed by atoms with van der Waals surface area (Å²) in [6.07, 6.45) is 10.4. The van der Waals surface area contributed by atoms with Crippen molar-refractivity contribution in [2.45, 2.75) is 90.0 Å². The zero-order valence-corrected chi connectivity index (χ0v) is 11.8. The Kier molecular flexibility index (Phi) is 13.1. The molecule has 18 heavy (non-hydrogen) atoms. The minimum atomic E-state index is -2.35. The summed E-state index contributed by atoms with van der Waals surface area (Å²) in [7, 11) is 0. The highest BCUT2D eigenvalue weighted by Crippen LogP contribution is 2.13. The summed E-state index contributed by atoms with van der Waals surface area (Å²) < 4.78 is 24.7. The van der Waals surface area contributed by atoms with E-state index in [0.717, 1.165) is 19.3 Å². The summed E-state index contributed by atoms with van der Waals surface area (Å²) in [6, 6.07) is -0.834. The quantitative estimate of drug-likeness (QED) is 0.294. The normalized spacial score (nSPS) is 13.2. The highest BCUT2D eigenvalue weighted by Gasteiger charge is 2.17. The lowest BCUT2D eigenvalue weighted by Crippen LogP contribution is -2.40. The number of rotatable bonds is 13. The minimum Gasteiger partial charge on any atom is -0.271 e. The van der Waals surface area contributed by atoms with E-state index in [2.05, 4.69) is 12.3 Å². The molecule has 4 heteroatoms. The third kappa shape index (κ3) is 10.9. The zero-order valence-electron chi connectivity index (χ0n) is 11.8. The van der Waals surface area contributed by atoms with Gasteiger partial charge in [-0.05, 0) is 6.42 Å². The smallest absolute Gasteiger partial charge is 0.255 e. The van der Waals surface area contributed by atoms with Crippen molar-refractivity contribution in [2.75, 3.05) is 0 Å². The van der Waals surface area contributed by atoms with Gasteiger partial charge in [0.2, 0.25) is 0 Å². The minimum absolute atomic E-state index is 0.477. The van der Waals surface area contributed by atoms with Crippen LogP contribution in [0.25, 0.3) is 0 Å². The first-order valence-electron chi connectivity index (χ1n) is 7.46. The Labute approximate surface area is 111 Å². The second-order valence-electron chi connectivity index (χ2n) is 5.08. The van der Waals surface area contributed by atoms with E-state index < -0.39 is 12.5 Å². The number of halogens is 2. The summed E-state index contributed by atoms with van der Waals surface area (Å²) in [4.78, 5) is 0. The fourth-order valence-electron chi connectivity index (χ4n) is 2.13. The van der Waals surface area contributed by atoms with E-state index in [4.69, 9.17) is 5.84 Å². The third-order valence-corrected chi connectivity index (χ3v) is 3.39. The van der Waals surface area contributed by atoms with E-state index in [9.17, 15) is 8.78 Å². The molecule has 0 aromatic heterocycles. The van der Waals surface area contributed by atoms with Crippen molar-refractivity contribution in [3.05, 3.63) is 0 Å². The number of hydrogen-bond donors (Lipinski definition) is 2. The van der Waals surface area contributed by atoms with Crippen LogP contribution < -0.4 is 11.3 Å². The number of hydrazine groups is 1. The lowest BCUT2D eigenvalue weighted by atomic mass is 10.0. The van der Waals surface area contributed by atoms with Gasteiger partial charge < -0.3 is 0 Å². The van der Waals surface area contributed by atoms with Crippen LogP contribution in [0.2, 0.25) is 0 Å². The molecule has 1 atom stereocenters. The maximum Gasteiger partial charge on any atom is 0.255 e. The molecule has 0 aromatic rings. The van der Waals surface area contributed by atoms with Gasteiger partial charge in [-0.1, -0.05) is 71.1 Å². The van der Waals surface area contributed by atoms with Crippen molar-refractivity contribution in [2.24, 2.45) is 5.84 Å². The summed E-state index contributed by atoms with van der Waals surface area (Å²) in [5, 5.41) is 0. The molecular formula is C14H30F2N2. The number of alkyl halides is 2. The standard InChI is InChI=1S/C14H30F2N2/c1-2-3-4-5-6-7-8-9-10-11-12-13(18-17)14(15)16/h13-14,18H,2-12,17H2,1H3. The van der Waals surface area contributed by atoms with E-state index in [1.54, 1.807) is 0 Å². The first kappa shape index (κ1) is 17.8. The molecule has 1 unspecified atom stereocenters. The van der Waals surface area contributed by atoms with Gasteiger partial charge in [0.1, 0.15) is 0 Å². The van der Waals surface area contributed by atoms with Gasteiger partial charge in [-0.25, -0.2) is 8.78 Å². The van der Waals surface area contributed by atoms with Gasteiger partial charge in [0.05, 0.1) is 6.04 Å². The predicted molar refractivity (Wildman–Crippen MR) is 73.6 cm³/mol. The number of unbranched alkanes of at least 4 members (excludes halogenated alkanes) is 9. The number of hydrogen-bond acceptors (Lipinski definition) is 2. The monoisotopic (exact) mass is 264 g/mol. The fraction of sp³-hybridized carbons (Fsp3) is 1.00. The Morgan fingerprint density at radius 3 is 1.67 bits per heavy atom. The summed E-state index contributed by atoms with van der Waals surface area (Å²) in [5.74, 6) is 5.06. The van der Waals surface area contributed by atoms with Crippen molar-refractivity contribution < 1.29 is 8.78 Å². The van der Waals surface area contributed by atoms with Crippen LogP contribution in [0.15, 0.2) is 0 Å². The molecule has 0 saturated heterocycles. The van der Waals surface area contributed by atoms with Gasteiger partial charge in [0, 0.05) is 0 Å². The molecule has 0 spiro atoms. The van der Waals surface area contributed by atoms with Gasteiger partial charge in [-0.15, -0.1) is 0 Å². The molecule has 0 aliphatic heterocycles. The lowest BCUT2D eigenvalue weighted by molar-refractivity contribution is 0.0929. The first-order valence-corrected chi connectivity index (χ1v) is 7.46. The van der Waals surface area contributed by atoms with Crippen LogP contribution >= 0.6 is 0 Å². The highest BCUT2D eigenvalue weighted by molar-refractivity contribution is 4.65. The van der Waals surface area contributed by atoms with Crippen LogP contribution in [0.5, 0.6) is 0 Å². The van der Waals surface area contributed by atoms with Gasteiger partial charge in [-0.2, -0.15) is 0 Å². The summed E-state index contributed by atoms with van der Waals surface area (Å²) in [5.41, 5.74) is 2.18. The fourth-order valence-corrected chi connectivity index (χ4v) is 2.13. The number of nitrogens with one attached hydrogen (secondary N) is 1. The first-order chi connectivity index (χ1) is 8.72. The van der Waals surface area contributed by atoms with Gasteiger partial charge in [0.25, 0.3) is 6.43 Å². The van der Waals surface area contributed by atoms with Crippen LogP contribution in [0.1, 0.15) is 77.6 Å². The lowest BCUT2D eigenvalue weighted by Gasteiger charge is -2.14. The molecule has 0 saturated carbocycles. The Hall–Kier alpha value is -0.220. The average Bonchev–Trinajstić information content (AvgIpc) is 2.35. The maximum atomic E-state index is 12.3. The second kappa shape index (κ2) is 13.2. The van der Waals surface area contributed by atoms with E-state index in [1.807, 2.05) is 0 Å². The molecular weight excluding hydrogens is 234 g/mol.